The fraction of sp³-hybridized carbons (Fsp3) is 1.00. The minimum atomic E-state index is 0.344. The molecule has 0 fully saturated rings. The average molecular weight is 286 g/mol. The van der Waals surface area contributed by atoms with Gasteiger partial charge in [-0.05, 0) is 26.7 Å². The maximum atomic E-state index is 5.61. The highest BCUT2D eigenvalue weighted by molar-refractivity contribution is 4.47. The molecule has 20 heavy (non-hydrogen) atoms. The Morgan fingerprint density at radius 1 is 0.600 bits per heavy atom. The van der Waals surface area contributed by atoms with Crippen LogP contribution in [-0.2, 0) is 9.47 Å². The fourth-order valence-electron chi connectivity index (χ4n) is 2.27. The van der Waals surface area contributed by atoms with Gasteiger partial charge in [-0.25, -0.2) is 0 Å². The van der Waals surface area contributed by atoms with Gasteiger partial charge in [-0.15, -0.1) is 0 Å². The van der Waals surface area contributed by atoms with Crippen LogP contribution < -0.4 is 0 Å². The zero-order valence-electron chi connectivity index (χ0n) is 14.3. The molecule has 0 spiro atoms. The quantitative estimate of drug-likeness (QED) is 0.337. The molecule has 0 unspecified atom stereocenters. The molecule has 0 aliphatic rings. The molecule has 0 N–H and O–H groups in total. The van der Waals surface area contributed by atoms with Gasteiger partial charge >= 0.3 is 0 Å². The van der Waals surface area contributed by atoms with Gasteiger partial charge in [-0.1, -0.05) is 64.7 Å². The van der Waals surface area contributed by atoms with E-state index < -0.39 is 0 Å². The van der Waals surface area contributed by atoms with Crippen LogP contribution in [0.1, 0.15) is 91.4 Å². The average Bonchev–Trinajstić information content (AvgIpc) is 2.43. The molecule has 0 aliphatic carbocycles. The monoisotopic (exact) mass is 286 g/mol. The molecule has 0 radical (unpaired) electrons. The van der Waals surface area contributed by atoms with Crippen molar-refractivity contribution in [1.82, 2.24) is 0 Å². The Bertz CT molecular complexity index is 169. The Morgan fingerprint density at radius 3 is 1.65 bits per heavy atom. The van der Waals surface area contributed by atoms with Crippen LogP contribution in [0, 0.1) is 0 Å². The first-order valence-corrected chi connectivity index (χ1v) is 8.96. The van der Waals surface area contributed by atoms with Gasteiger partial charge in [0.2, 0.25) is 0 Å². The van der Waals surface area contributed by atoms with E-state index in [1.165, 1.54) is 64.2 Å². The van der Waals surface area contributed by atoms with Crippen LogP contribution in [0.25, 0.3) is 0 Å². The van der Waals surface area contributed by atoms with Crippen LogP contribution in [0.5, 0.6) is 0 Å². The van der Waals surface area contributed by atoms with Gasteiger partial charge < -0.3 is 9.47 Å². The Kier molecular flexibility index (Phi) is 16.9. The summed E-state index contributed by atoms with van der Waals surface area (Å²) in [6.45, 7) is 9.03. The summed E-state index contributed by atoms with van der Waals surface area (Å²) in [5.74, 6) is 0. The fourth-order valence-corrected chi connectivity index (χ4v) is 2.27. The lowest BCUT2D eigenvalue weighted by atomic mass is 10.1. The third-order valence-corrected chi connectivity index (χ3v) is 3.53. The number of ether oxygens (including phenoxy) is 2. The Labute approximate surface area is 127 Å². The summed E-state index contributed by atoms with van der Waals surface area (Å²) in [5.41, 5.74) is 0. The zero-order valence-corrected chi connectivity index (χ0v) is 14.3. The molecule has 0 aromatic rings. The lowest BCUT2D eigenvalue weighted by molar-refractivity contribution is 0.0507. The highest BCUT2D eigenvalue weighted by Crippen LogP contribution is 2.10. The third-order valence-electron chi connectivity index (χ3n) is 3.53. The maximum Gasteiger partial charge on any atom is 0.0518 e. The summed E-state index contributed by atoms with van der Waals surface area (Å²) in [6.07, 6.45) is 15.2. The van der Waals surface area contributed by atoms with Gasteiger partial charge in [-0.2, -0.15) is 0 Å². The molecular formula is C18H38O2. The topological polar surface area (TPSA) is 18.5 Å². The van der Waals surface area contributed by atoms with Gasteiger partial charge in [-0.3, -0.25) is 0 Å². The first kappa shape index (κ1) is 19.9. The van der Waals surface area contributed by atoms with Crippen molar-refractivity contribution in [3.8, 4) is 0 Å². The molecule has 2 heteroatoms. The Hall–Kier alpha value is -0.0800. The van der Waals surface area contributed by atoms with Crippen molar-refractivity contribution < 1.29 is 9.47 Å². The molecule has 0 aromatic heterocycles. The molecule has 0 bridgehead atoms. The standard InChI is InChI=1S/C18H38O2/c1-4-5-6-7-8-9-10-11-12-13-15-19-16-14-17-20-18(2)3/h18H,4-17H2,1-3H3. The minimum absolute atomic E-state index is 0.344. The van der Waals surface area contributed by atoms with Crippen LogP contribution in [0.15, 0.2) is 0 Å². The van der Waals surface area contributed by atoms with Crippen LogP contribution in [-0.4, -0.2) is 25.9 Å². The second-order valence-corrected chi connectivity index (χ2v) is 6.07. The lowest BCUT2D eigenvalue weighted by Crippen LogP contribution is -2.07. The van der Waals surface area contributed by atoms with E-state index in [2.05, 4.69) is 20.8 Å². The summed E-state index contributed by atoms with van der Waals surface area (Å²) >= 11 is 0. The predicted octanol–water partition coefficient (Wildman–Crippen LogP) is 5.74. The van der Waals surface area contributed by atoms with Crippen molar-refractivity contribution in [3.05, 3.63) is 0 Å². The highest BCUT2D eigenvalue weighted by Gasteiger charge is 1.95. The second-order valence-electron chi connectivity index (χ2n) is 6.07. The van der Waals surface area contributed by atoms with Crippen molar-refractivity contribution in [2.45, 2.75) is 97.5 Å². The van der Waals surface area contributed by atoms with Crippen LogP contribution >= 0.6 is 0 Å². The number of hydrogen-bond donors (Lipinski definition) is 0. The van der Waals surface area contributed by atoms with Gasteiger partial charge in [0, 0.05) is 19.8 Å². The number of rotatable bonds is 16. The van der Waals surface area contributed by atoms with Crippen molar-refractivity contribution in [2.75, 3.05) is 19.8 Å². The van der Waals surface area contributed by atoms with Crippen LogP contribution in [0.4, 0.5) is 0 Å². The largest absolute Gasteiger partial charge is 0.381 e. The summed E-state index contributed by atoms with van der Waals surface area (Å²) in [5, 5.41) is 0. The van der Waals surface area contributed by atoms with E-state index in [-0.39, 0.29) is 0 Å². The molecule has 0 rings (SSSR count). The molecule has 0 aromatic carbocycles. The summed E-state index contributed by atoms with van der Waals surface area (Å²) in [4.78, 5) is 0. The van der Waals surface area contributed by atoms with E-state index in [1.807, 2.05) is 0 Å². The van der Waals surface area contributed by atoms with E-state index >= 15 is 0 Å². The normalized spacial score (nSPS) is 11.4. The highest BCUT2D eigenvalue weighted by atomic mass is 16.5. The van der Waals surface area contributed by atoms with E-state index in [9.17, 15) is 0 Å². The smallest absolute Gasteiger partial charge is 0.0518 e. The summed E-state index contributed by atoms with van der Waals surface area (Å²) < 4.78 is 11.1. The first-order chi connectivity index (χ1) is 9.77. The number of hydrogen-bond acceptors (Lipinski definition) is 2. The number of unbranched alkanes of at least 4 members (excludes halogenated alkanes) is 9. The van der Waals surface area contributed by atoms with Crippen molar-refractivity contribution >= 4 is 0 Å². The van der Waals surface area contributed by atoms with Gasteiger partial charge in [0.1, 0.15) is 0 Å². The lowest BCUT2D eigenvalue weighted by Gasteiger charge is -2.07. The zero-order chi connectivity index (χ0) is 14.9. The van der Waals surface area contributed by atoms with Gasteiger partial charge in [0.15, 0.2) is 0 Å². The first-order valence-electron chi connectivity index (χ1n) is 8.96. The Balaban J connectivity index is 2.92. The van der Waals surface area contributed by atoms with E-state index in [4.69, 9.17) is 9.47 Å². The summed E-state index contributed by atoms with van der Waals surface area (Å²) in [7, 11) is 0. The minimum Gasteiger partial charge on any atom is -0.381 e. The molecular weight excluding hydrogens is 248 g/mol. The van der Waals surface area contributed by atoms with E-state index in [0.717, 1.165) is 26.2 Å². The van der Waals surface area contributed by atoms with Gasteiger partial charge in [0.05, 0.1) is 6.10 Å². The predicted molar refractivity (Wildman–Crippen MR) is 88.4 cm³/mol. The molecule has 0 amide bonds. The maximum absolute atomic E-state index is 5.61. The second kappa shape index (κ2) is 17.0. The van der Waals surface area contributed by atoms with Crippen molar-refractivity contribution in [2.24, 2.45) is 0 Å². The molecule has 2 nitrogen and oxygen atoms in total. The van der Waals surface area contributed by atoms with Crippen LogP contribution in [0.3, 0.4) is 0 Å². The molecule has 0 saturated heterocycles. The van der Waals surface area contributed by atoms with Crippen LogP contribution in [0.2, 0.25) is 0 Å². The van der Waals surface area contributed by atoms with Crippen molar-refractivity contribution in [1.29, 1.82) is 0 Å². The van der Waals surface area contributed by atoms with E-state index in [0.29, 0.717) is 6.10 Å². The van der Waals surface area contributed by atoms with Crippen molar-refractivity contribution in [3.63, 3.8) is 0 Å². The molecule has 122 valence electrons. The van der Waals surface area contributed by atoms with Gasteiger partial charge in [0.25, 0.3) is 0 Å². The SMILES string of the molecule is CCCCCCCCCCCCOCCCOC(C)C. The summed E-state index contributed by atoms with van der Waals surface area (Å²) in [6, 6.07) is 0. The third kappa shape index (κ3) is 17.9. The molecule has 0 atom stereocenters. The van der Waals surface area contributed by atoms with E-state index in [1.54, 1.807) is 0 Å². The molecule has 0 saturated carbocycles. The molecule has 0 aliphatic heterocycles. The Morgan fingerprint density at radius 2 is 1.10 bits per heavy atom. The molecule has 0 heterocycles.